The molecule has 0 radical (unpaired) electrons. The maximum Gasteiger partial charge on any atom is 0.320 e. The first kappa shape index (κ1) is 10.2. The van der Waals surface area contributed by atoms with Crippen molar-refractivity contribution < 1.29 is 18.3 Å². The molecule has 1 aliphatic rings. The average molecular weight is 205 g/mol. The summed E-state index contributed by atoms with van der Waals surface area (Å²) < 4.78 is 23.8. The van der Waals surface area contributed by atoms with Crippen LogP contribution in [0.4, 0.5) is 0 Å². The van der Waals surface area contributed by atoms with E-state index in [1.807, 2.05) is 6.08 Å². The second-order valence-electron chi connectivity index (χ2n) is 2.77. The van der Waals surface area contributed by atoms with Gasteiger partial charge in [0.15, 0.2) is 5.75 Å². The largest absolute Gasteiger partial charge is 0.480 e. The summed E-state index contributed by atoms with van der Waals surface area (Å²) in [5.41, 5.74) is 0. The molecule has 0 bridgehead atoms. The second kappa shape index (κ2) is 3.89. The summed E-state index contributed by atoms with van der Waals surface area (Å²) in [4.78, 5) is 10.2. The first-order valence-electron chi connectivity index (χ1n) is 3.87. The van der Waals surface area contributed by atoms with Gasteiger partial charge >= 0.3 is 5.97 Å². The van der Waals surface area contributed by atoms with E-state index in [4.69, 9.17) is 5.11 Å². The molecule has 0 saturated carbocycles. The zero-order valence-electron chi connectivity index (χ0n) is 7.01. The van der Waals surface area contributed by atoms with Crippen molar-refractivity contribution in [2.45, 2.75) is 6.42 Å². The van der Waals surface area contributed by atoms with Crippen molar-refractivity contribution in [3.05, 3.63) is 12.2 Å². The van der Waals surface area contributed by atoms with E-state index < -0.39 is 21.7 Å². The highest BCUT2D eigenvalue weighted by Gasteiger charge is 2.24. The third-order valence-corrected chi connectivity index (χ3v) is 3.45. The number of carbonyl (C=O) groups is 1. The quantitative estimate of drug-likeness (QED) is 0.640. The Morgan fingerprint density at radius 1 is 1.46 bits per heavy atom. The standard InChI is InChI=1S/C7H11NO4S/c9-7(10)6-13(11,12)8-4-2-1-3-5-8/h1-2H,3-6H2,(H,9,10). The molecule has 0 fully saturated rings. The van der Waals surface area contributed by atoms with Gasteiger partial charge in [-0.05, 0) is 6.42 Å². The fourth-order valence-electron chi connectivity index (χ4n) is 1.12. The maximum atomic E-state index is 11.3. The van der Waals surface area contributed by atoms with Crippen LogP contribution in [0.25, 0.3) is 0 Å². The fraction of sp³-hybridized carbons (Fsp3) is 0.571. The Bertz CT molecular complexity index is 319. The number of nitrogens with zero attached hydrogens (tertiary/aromatic N) is 1. The summed E-state index contributed by atoms with van der Waals surface area (Å²) in [7, 11) is -3.60. The van der Waals surface area contributed by atoms with Crippen LogP contribution < -0.4 is 0 Å². The molecule has 6 heteroatoms. The van der Waals surface area contributed by atoms with Gasteiger partial charge in [0.25, 0.3) is 0 Å². The Labute approximate surface area is 76.7 Å². The van der Waals surface area contributed by atoms with Crippen LogP contribution in [-0.4, -0.2) is 42.6 Å². The van der Waals surface area contributed by atoms with Gasteiger partial charge in [0.05, 0.1) is 0 Å². The minimum Gasteiger partial charge on any atom is -0.480 e. The van der Waals surface area contributed by atoms with Crippen molar-refractivity contribution in [3.63, 3.8) is 0 Å². The van der Waals surface area contributed by atoms with Crippen molar-refractivity contribution in [2.75, 3.05) is 18.8 Å². The molecule has 0 aliphatic carbocycles. The van der Waals surface area contributed by atoms with Crippen LogP contribution in [0.2, 0.25) is 0 Å². The van der Waals surface area contributed by atoms with E-state index in [9.17, 15) is 13.2 Å². The molecular weight excluding hydrogens is 194 g/mol. The summed E-state index contributed by atoms with van der Waals surface area (Å²) >= 11 is 0. The third-order valence-electron chi connectivity index (χ3n) is 1.72. The predicted octanol–water partition coefficient (Wildman–Crippen LogP) is -0.337. The zero-order chi connectivity index (χ0) is 9.90. The maximum absolute atomic E-state index is 11.3. The van der Waals surface area contributed by atoms with E-state index in [2.05, 4.69) is 0 Å². The minimum atomic E-state index is -3.60. The molecule has 1 N–H and O–H groups in total. The summed E-state index contributed by atoms with van der Waals surface area (Å²) in [6, 6.07) is 0. The van der Waals surface area contributed by atoms with Gasteiger partial charge in [-0.25, -0.2) is 8.42 Å². The smallest absolute Gasteiger partial charge is 0.320 e. The lowest BCUT2D eigenvalue weighted by Gasteiger charge is -2.21. The van der Waals surface area contributed by atoms with Crippen LogP contribution in [0.3, 0.4) is 0 Å². The van der Waals surface area contributed by atoms with Crippen molar-refractivity contribution in [3.8, 4) is 0 Å². The summed E-state index contributed by atoms with van der Waals surface area (Å²) in [5.74, 6) is -2.13. The molecule has 74 valence electrons. The van der Waals surface area contributed by atoms with Crippen LogP contribution >= 0.6 is 0 Å². The Balaban J connectivity index is 2.69. The highest BCUT2D eigenvalue weighted by molar-refractivity contribution is 7.89. The Hall–Kier alpha value is -0.880. The highest BCUT2D eigenvalue weighted by Crippen LogP contribution is 2.07. The van der Waals surface area contributed by atoms with E-state index >= 15 is 0 Å². The number of carboxylic acids is 1. The van der Waals surface area contributed by atoms with Gasteiger partial charge in [0.1, 0.15) is 0 Å². The van der Waals surface area contributed by atoms with E-state index in [0.717, 1.165) is 0 Å². The van der Waals surface area contributed by atoms with Crippen LogP contribution in [-0.2, 0) is 14.8 Å². The first-order chi connectivity index (χ1) is 6.02. The second-order valence-corrected chi connectivity index (χ2v) is 4.74. The summed E-state index contributed by atoms with van der Waals surface area (Å²) in [6.45, 7) is 0.668. The van der Waals surface area contributed by atoms with Gasteiger partial charge in [-0.2, -0.15) is 4.31 Å². The minimum absolute atomic E-state index is 0.287. The number of aliphatic carboxylic acids is 1. The molecule has 0 atom stereocenters. The van der Waals surface area contributed by atoms with E-state index in [1.165, 1.54) is 4.31 Å². The summed E-state index contributed by atoms with van der Waals surface area (Å²) in [5, 5.41) is 8.36. The Kier molecular flexibility index (Phi) is 3.05. The SMILES string of the molecule is O=C(O)CS(=O)(=O)N1CC=CCC1. The molecule has 1 rings (SSSR count). The molecular formula is C7H11NO4S. The number of rotatable bonds is 3. The predicted molar refractivity (Wildman–Crippen MR) is 46.8 cm³/mol. The molecule has 0 aromatic carbocycles. The molecule has 0 aromatic rings. The van der Waals surface area contributed by atoms with Gasteiger partial charge in [-0.15, -0.1) is 0 Å². The topological polar surface area (TPSA) is 74.7 Å². The number of carboxylic acid groups (broad SMARTS) is 1. The van der Waals surface area contributed by atoms with Gasteiger partial charge in [-0.3, -0.25) is 4.79 Å². The molecule has 5 nitrogen and oxygen atoms in total. The van der Waals surface area contributed by atoms with Crippen LogP contribution in [0.5, 0.6) is 0 Å². The molecule has 0 unspecified atom stereocenters. The third kappa shape index (κ3) is 2.82. The summed E-state index contributed by atoms with van der Waals surface area (Å²) in [6.07, 6.45) is 4.26. The normalized spacial score (nSPS) is 18.8. The van der Waals surface area contributed by atoms with Crippen LogP contribution in [0.1, 0.15) is 6.42 Å². The molecule has 0 aromatic heterocycles. The van der Waals surface area contributed by atoms with Crippen LogP contribution in [0.15, 0.2) is 12.2 Å². The molecule has 1 aliphatic heterocycles. The Morgan fingerprint density at radius 2 is 2.15 bits per heavy atom. The van der Waals surface area contributed by atoms with Crippen molar-refractivity contribution >= 4 is 16.0 Å². The lowest BCUT2D eigenvalue weighted by atomic mass is 10.3. The van der Waals surface area contributed by atoms with Gasteiger partial charge < -0.3 is 5.11 Å². The van der Waals surface area contributed by atoms with Crippen molar-refractivity contribution in [2.24, 2.45) is 0 Å². The molecule has 13 heavy (non-hydrogen) atoms. The van der Waals surface area contributed by atoms with Crippen LogP contribution in [0, 0.1) is 0 Å². The number of hydrogen-bond acceptors (Lipinski definition) is 3. The lowest BCUT2D eigenvalue weighted by molar-refractivity contribution is -0.134. The van der Waals surface area contributed by atoms with E-state index in [0.29, 0.717) is 13.0 Å². The molecule has 1 heterocycles. The fourth-order valence-corrected chi connectivity index (χ4v) is 2.31. The number of hydrogen-bond donors (Lipinski definition) is 1. The average Bonchev–Trinajstić information content (AvgIpc) is 2.04. The first-order valence-corrected chi connectivity index (χ1v) is 5.48. The number of sulfonamides is 1. The monoisotopic (exact) mass is 205 g/mol. The molecule has 0 amide bonds. The van der Waals surface area contributed by atoms with Gasteiger partial charge in [0, 0.05) is 13.1 Å². The molecule has 0 spiro atoms. The Morgan fingerprint density at radius 3 is 2.62 bits per heavy atom. The van der Waals surface area contributed by atoms with E-state index in [-0.39, 0.29) is 6.54 Å². The van der Waals surface area contributed by atoms with Gasteiger partial charge in [0.2, 0.25) is 10.0 Å². The molecule has 0 saturated heterocycles. The highest BCUT2D eigenvalue weighted by atomic mass is 32.2. The van der Waals surface area contributed by atoms with Crippen molar-refractivity contribution in [1.29, 1.82) is 0 Å². The van der Waals surface area contributed by atoms with E-state index in [1.54, 1.807) is 6.08 Å². The lowest BCUT2D eigenvalue weighted by Crippen LogP contribution is -2.37. The van der Waals surface area contributed by atoms with Crippen molar-refractivity contribution in [1.82, 2.24) is 4.31 Å². The van der Waals surface area contributed by atoms with Gasteiger partial charge in [-0.1, -0.05) is 12.2 Å². The zero-order valence-corrected chi connectivity index (χ0v) is 7.83.